The van der Waals surface area contributed by atoms with Crippen molar-refractivity contribution in [3.63, 3.8) is 0 Å². The second-order valence-corrected chi connectivity index (χ2v) is 3.44. The summed E-state index contributed by atoms with van der Waals surface area (Å²) in [6.07, 6.45) is 3.84. The van der Waals surface area contributed by atoms with E-state index in [9.17, 15) is 14.4 Å². The molecule has 0 fully saturated rings. The second-order valence-electron chi connectivity index (χ2n) is 3.44. The largest absolute Gasteiger partial charge is 0.445 e. The summed E-state index contributed by atoms with van der Waals surface area (Å²) in [6, 6.07) is 0. The van der Waals surface area contributed by atoms with Gasteiger partial charge in [0.2, 0.25) is 0 Å². The van der Waals surface area contributed by atoms with Gasteiger partial charge in [0, 0.05) is 13.5 Å². The van der Waals surface area contributed by atoms with Gasteiger partial charge < -0.3 is 9.47 Å². The van der Waals surface area contributed by atoms with Crippen molar-refractivity contribution >= 4 is 18.0 Å². The Morgan fingerprint density at radius 1 is 1.17 bits per heavy atom. The number of carbonyl (C=O) groups is 3. The van der Waals surface area contributed by atoms with Crippen molar-refractivity contribution in [2.75, 3.05) is 19.7 Å². The predicted molar refractivity (Wildman–Crippen MR) is 64.8 cm³/mol. The zero-order chi connectivity index (χ0) is 14.0. The molecule has 0 saturated carbocycles. The van der Waals surface area contributed by atoms with E-state index in [1.165, 1.54) is 0 Å². The molecule has 6 heteroatoms. The Kier molecular flexibility index (Phi) is 8.26. The number of hydrogen-bond acceptors (Lipinski definition) is 5. The maximum absolute atomic E-state index is 11.5. The summed E-state index contributed by atoms with van der Waals surface area (Å²) in [4.78, 5) is 34.4. The normalized spacial score (nSPS) is 10.2. The fourth-order valence-corrected chi connectivity index (χ4v) is 1.10. The standard InChI is InChI=1S/C12H19NO5/c1-4-6-7-8-17-12(16)13(5-2)9-11(15)18-10(3)14/h6-7H,4-5,8-9H2,1-3H3/b7-6+. The Morgan fingerprint density at radius 2 is 1.83 bits per heavy atom. The molecular formula is C12H19NO5. The van der Waals surface area contributed by atoms with Gasteiger partial charge in [0.25, 0.3) is 0 Å². The highest BCUT2D eigenvalue weighted by Crippen LogP contribution is 1.96. The van der Waals surface area contributed by atoms with Crippen molar-refractivity contribution in [2.45, 2.75) is 27.2 Å². The van der Waals surface area contributed by atoms with Crippen molar-refractivity contribution in [1.29, 1.82) is 0 Å². The Bertz CT molecular complexity index is 324. The molecule has 1 amide bonds. The summed E-state index contributed by atoms with van der Waals surface area (Å²) in [5.41, 5.74) is 0. The zero-order valence-corrected chi connectivity index (χ0v) is 11.0. The fraction of sp³-hybridized carbons (Fsp3) is 0.583. The first-order chi connectivity index (χ1) is 8.51. The molecule has 0 aromatic heterocycles. The number of carbonyl (C=O) groups excluding carboxylic acids is 3. The van der Waals surface area contributed by atoms with Crippen molar-refractivity contribution in [2.24, 2.45) is 0 Å². The van der Waals surface area contributed by atoms with Gasteiger partial charge >= 0.3 is 18.0 Å². The highest BCUT2D eigenvalue weighted by Gasteiger charge is 2.18. The van der Waals surface area contributed by atoms with Gasteiger partial charge in [0.05, 0.1) is 0 Å². The summed E-state index contributed by atoms with van der Waals surface area (Å²) in [5, 5.41) is 0. The van der Waals surface area contributed by atoms with Gasteiger partial charge in [-0.1, -0.05) is 19.1 Å². The number of ether oxygens (including phenoxy) is 2. The lowest BCUT2D eigenvalue weighted by Crippen LogP contribution is -2.37. The first-order valence-electron chi connectivity index (χ1n) is 5.79. The SMILES string of the molecule is CC/C=C/COC(=O)N(CC)CC(=O)OC(C)=O. The Labute approximate surface area is 107 Å². The maximum Gasteiger partial charge on any atom is 0.410 e. The molecule has 0 spiro atoms. The van der Waals surface area contributed by atoms with Crippen LogP contribution in [-0.4, -0.2) is 42.6 Å². The lowest BCUT2D eigenvalue weighted by atomic mass is 10.4. The molecule has 0 saturated heterocycles. The van der Waals surface area contributed by atoms with Crippen LogP contribution in [0.25, 0.3) is 0 Å². The molecule has 102 valence electrons. The van der Waals surface area contributed by atoms with Crippen LogP contribution in [0.5, 0.6) is 0 Å². The minimum Gasteiger partial charge on any atom is -0.445 e. The predicted octanol–water partition coefficient (Wildman–Crippen LogP) is 1.50. The topological polar surface area (TPSA) is 72.9 Å². The van der Waals surface area contributed by atoms with Crippen molar-refractivity contribution < 1.29 is 23.9 Å². The van der Waals surface area contributed by atoms with E-state index in [0.717, 1.165) is 18.2 Å². The highest BCUT2D eigenvalue weighted by molar-refractivity contribution is 5.87. The van der Waals surface area contributed by atoms with Gasteiger partial charge in [-0.15, -0.1) is 0 Å². The van der Waals surface area contributed by atoms with Crippen molar-refractivity contribution in [1.82, 2.24) is 4.90 Å². The Balaban J connectivity index is 4.14. The fourth-order valence-electron chi connectivity index (χ4n) is 1.10. The average molecular weight is 257 g/mol. The lowest BCUT2D eigenvalue weighted by molar-refractivity contribution is -0.158. The minimum atomic E-state index is -0.773. The molecule has 0 atom stereocenters. The molecule has 0 heterocycles. The monoisotopic (exact) mass is 257 g/mol. The van der Waals surface area contributed by atoms with Gasteiger partial charge in [0.15, 0.2) is 0 Å². The summed E-state index contributed by atoms with van der Waals surface area (Å²) in [6.45, 7) is 4.95. The van der Waals surface area contributed by atoms with E-state index in [0.29, 0.717) is 6.54 Å². The third kappa shape index (κ3) is 7.43. The number of nitrogens with zero attached hydrogens (tertiary/aromatic N) is 1. The summed E-state index contributed by atoms with van der Waals surface area (Å²) < 4.78 is 9.24. The average Bonchev–Trinajstić information content (AvgIpc) is 2.30. The Hall–Kier alpha value is -1.85. The molecule has 0 unspecified atom stereocenters. The third-order valence-corrected chi connectivity index (χ3v) is 1.92. The first-order valence-corrected chi connectivity index (χ1v) is 5.79. The third-order valence-electron chi connectivity index (χ3n) is 1.92. The molecule has 0 aliphatic heterocycles. The summed E-state index contributed by atoms with van der Waals surface area (Å²) >= 11 is 0. The smallest absolute Gasteiger partial charge is 0.410 e. The number of allylic oxidation sites excluding steroid dienone is 1. The van der Waals surface area contributed by atoms with E-state index in [4.69, 9.17) is 4.74 Å². The summed E-state index contributed by atoms with van der Waals surface area (Å²) in [5.74, 6) is -1.47. The first kappa shape index (κ1) is 16.1. The van der Waals surface area contributed by atoms with Crippen LogP contribution in [0.3, 0.4) is 0 Å². The number of rotatable bonds is 6. The Morgan fingerprint density at radius 3 is 2.33 bits per heavy atom. The van der Waals surface area contributed by atoms with Crippen LogP contribution in [0, 0.1) is 0 Å². The van der Waals surface area contributed by atoms with Gasteiger partial charge in [0.1, 0.15) is 13.2 Å². The zero-order valence-electron chi connectivity index (χ0n) is 11.0. The molecule has 6 nitrogen and oxygen atoms in total. The second kappa shape index (κ2) is 9.21. The molecule has 0 radical (unpaired) electrons. The van der Waals surface area contributed by atoms with Crippen LogP contribution in [-0.2, 0) is 19.1 Å². The molecule has 0 aromatic rings. The molecule has 0 rings (SSSR count). The van der Waals surface area contributed by atoms with Crippen LogP contribution in [0.4, 0.5) is 4.79 Å². The highest BCUT2D eigenvalue weighted by atomic mass is 16.6. The quantitative estimate of drug-likeness (QED) is 0.409. The van der Waals surface area contributed by atoms with Crippen LogP contribution >= 0.6 is 0 Å². The van der Waals surface area contributed by atoms with Gasteiger partial charge in [-0.2, -0.15) is 0 Å². The van der Waals surface area contributed by atoms with Crippen LogP contribution in [0.1, 0.15) is 27.2 Å². The van der Waals surface area contributed by atoms with Gasteiger partial charge in [-0.05, 0) is 13.3 Å². The van der Waals surface area contributed by atoms with Gasteiger partial charge in [-0.3, -0.25) is 9.69 Å². The van der Waals surface area contributed by atoms with Crippen molar-refractivity contribution in [3.05, 3.63) is 12.2 Å². The maximum atomic E-state index is 11.5. The van der Waals surface area contributed by atoms with E-state index in [2.05, 4.69) is 4.74 Å². The van der Waals surface area contributed by atoms with E-state index in [1.54, 1.807) is 13.0 Å². The van der Waals surface area contributed by atoms with E-state index in [1.807, 2.05) is 13.0 Å². The summed E-state index contributed by atoms with van der Waals surface area (Å²) in [7, 11) is 0. The van der Waals surface area contributed by atoms with E-state index >= 15 is 0 Å². The minimum absolute atomic E-state index is 0.158. The van der Waals surface area contributed by atoms with E-state index < -0.39 is 18.0 Å². The molecule has 0 bridgehead atoms. The molecule has 0 aliphatic rings. The molecule has 18 heavy (non-hydrogen) atoms. The molecule has 0 aliphatic carbocycles. The number of likely N-dealkylation sites (N-methyl/N-ethyl adjacent to an activating group) is 1. The number of amides is 1. The molecule has 0 aromatic carbocycles. The van der Waals surface area contributed by atoms with Crippen LogP contribution in [0.2, 0.25) is 0 Å². The van der Waals surface area contributed by atoms with E-state index in [-0.39, 0.29) is 13.2 Å². The number of hydrogen-bond donors (Lipinski definition) is 0. The van der Waals surface area contributed by atoms with Crippen LogP contribution in [0.15, 0.2) is 12.2 Å². The molecular weight excluding hydrogens is 238 g/mol. The van der Waals surface area contributed by atoms with Crippen LogP contribution < -0.4 is 0 Å². The van der Waals surface area contributed by atoms with Crippen molar-refractivity contribution in [3.8, 4) is 0 Å². The lowest BCUT2D eigenvalue weighted by Gasteiger charge is -2.18. The molecule has 0 N–H and O–H groups in total. The van der Waals surface area contributed by atoms with Gasteiger partial charge in [-0.25, -0.2) is 9.59 Å². The number of esters is 2.